The van der Waals surface area contributed by atoms with E-state index in [4.69, 9.17) is 4.74 Å². The first-order valence-electron chi connectivity index (χ1n) is 13.2. The molecule has 0 heterocycles. The minimum absolute atomic E-state index is 0.0480. The largest absolute Gasteiger partial charge is 0.496 e. The van der Waals surface area contributed by atoms with E-state index in [0.29, 0.717) is 17.8 Å². The molecule has 4 rings (SSSR count). The molecule has 0 saturated heterocycles. The number of amides is 2. The summed E-state index contributed by atoms with van der Waals surface area (Å²) in [6.45, 7) is 2.27. The van der Waals surface area contributed by atoms with Crippen molar-refractivity contribution in [1.82, 2.24) is 10.6 Å². The Morgan fingerprint density at radius 1 is 1.00 bits per heavy atom. The minimum Gasteiger partial charge on any atom is -0.496 e. The van der Waals surface area contributed by atoms with Crippen molar-refractivity contribution in [3.63, 3.8) is 0 Å². The van der Waals surface area contributed by atoms with E-state index in [0.717, 1.165) is 42.6 Å². The molecule has 1 aliphatic rings. The molecule has 0 aliphatic heterocycles. The average molecular weight is 518 g/mol. The van der Waals surface area contributed by atoms with Gasteiger partial charge < -0.3 is 15.4 Å². The molecule has 1 unspecified atom stereocenters. The standard InChI is InChI=1S/C31H36FN3O3/c1-22-11-6-8-17-27(22)30(31(37)34-25-14-4-3-5-15-25)35(26-16-10-13-24(32)19-26)29(36)21-33-20-23-12-7-9-18-28(23)38-2/h6-13,16-19,25,30,33H,3-5,14-15,20-21H2,1-2H3,(H,34,37). The number of aryl methyl sites for hydroxylation is 1. The van der Waals surface area contributed by atoms with Gasteiger partial charge in [0.15, 0.2) is 0 Å². The molecule has 0 aromatic heterocycles. The van der Waals surface area contributed by atoms with Crippen LogP contribution in [0.15, 0.2) is 72.8 Å². The number of hydrogen-bond donors (Lipinski definition) is 2. The predicted molar refractivity (Wildman–Crippen MR) is 148 cm³/mol. The van der Waals surface area contributed by atoms with E-state index in [1.54, 1.807) is 19.2 Å². The summed E-state index contributed by atoms with van der Waals surface area (Å²) in [7, 11) is 1.60. The molecule has 1 fully saturated rings. The van der Waals surface area contributed by atoms with E-state index in [1.165, 1.54) is 23.5 Å². The predicted octanol–water partition coefficient (Wildman–Crippen LogP) is 5.46. The Kier molecular flexibility index (Phi) is 9.49. The Bertz CT molecular complexity index is 1240. The molecule has 1 atom stereocenters. The second kappa shape index (κ2) is 13.2. The third kappa shape index (κ3) is 6.78. The quantitative estimate of drug-likeness (QED) is 0.375. The molecule has 2 amide bonds. The Morgan fingerprint density at radius 2 is 1.74 bits per heavy atom. The lowest BCUT2D eigenvalue weighted by Gasteiger charge is -2.34. The fraction of sp³-hybridized carbons (Fsp3) is 0.355. The summed E-state index contributed by atoms with van der Waals surface area (Å²) in [6, 6.07) is 20.1. The normalized spacial score (nSPS) is 14.5. The van der Waals surface area contributed by atoms with Gasteiger partial charge in [-0.3, -0.25) is 14.5 Å². The molecular weight excluding hydrogens is 481 g/mol. The molecule has 2 N–H and O–H groups in total. The highest BCUT2D eigenvalue weighted by Crippen LogP contribution is 2.31. The number of anilines is 1. The number of methoxy groups -OCH3 is 1. The van der Waals surface area contributed by atoms with Crippen LogP contribution in [-0.4, -0.2) is 31.5 Å². The molecule has 1 aliphatic carbocycles. The zero-order valence-electron chi connectivity index (χ0n) is 22.1. The molecule has 3 aromatic rings. The summed E-state index contributed by atoms with van der Waals surface area (Å²) in [5, 5.41) is 6.38. The highest BCUT2D eigenvalue weighted by atomic mass is 19.1. The van der Waals surface area contributed by atoms with Crippen LogP contribution in [0, 0.1) is 12.7 Å². The van der Waals surface area contributed by atoms with Crippen molar-refractivity contribution in [1.29, 1.82) is 0 Å². The van der Waals surface area contributed by atoms with Crippen LogP contribution in [0.3, 0.4) is 0 Å². The van der Waals surface area contributed by atoms with Gasteiger partial charge >= 0.3 is 0 Å². The SMILES string of the molecule is COc1ccccc1CNCC(=O)N(c1cccc(F)c1)C(C(=O)NC1CCCCC1)c1ccccc1C. The molecule has 1 saturated carbocycles. The van der Waals surface area contributed by atoms with Gasteiger partial charge in [-0.15, -0.1) is 0 Å². The van der Waals surface area contributed by atoms with Gasteiger partial charge in [-0.05, 0) is 55.2 Å². The Balaban J connectivity index is 1.66. The number of nitrogens with one attached hydrogen (secondary N) is 2. The number of benzene rings is 3. The second-order valence-corrected chi connectivity index (χ2v) is 9.76. The van der Waals surface area contributed by atoms with Gasteiger partial charge in [0, 0.05) is 23.8 Å². The lowest BCUT2D eigenvalue weighted by Crippen LogP contribution is -2.49. The number of rotatable bonds is 10. The summed E-state index contributed by atoms with van der Waals surface area (Å²) >= 11 is 0. The summed E-state index contributed by atoms with van der Waals surface area (Å²) in [4.78, 5) is 29.2. The fourth-order valence-corrected chi connectivity index (χ4v) is 5.12. The molecular formula is C31H36FN3O3. The maximum absolute atomic E-state index is 14.4. The van der Waals surface area contributed by atoms with E-state index in [2.05, 4.69) is 10.6 Å². The maximum atomic E-state index is 14.4. The zero-order chi connectivity index (χ0) is 26.9. The molecule has 0 bridgehead atoms. The number of hydrogen-bond acceptors (Lipinski definition) is 4. The van der Waals surface area contributed by atoms with Crippen LogP contribution in [0.25, 0.3) is 0 Å². The van der Waals surface area contributed by atoms with Crippen molar-refractivity contribution in [2.75, 3.05) is 18.6 Å². The van der Waals surface area contributed by atoms with Gasteiger partial charge in [-0.2, -0.15) is 0 Å². The molecule has 0 spiro atoms. The van der Waals surface area contributed by atoms with E-state index < -0.39 is 11.9 Å². The van der Waals surface area contributed by atoms with Crippen LogP contribution in [-0.2, 0) is 16.1 Å². The molecule has 38 heavy (non-hydrogen) atoms. The molecule has 200 valence electrons. The van der Waals surface area contributed by atoms with Gasteiger partial charge in [-0.25, -0.2) is 4.39 Å². The molecule has 0 radical (unpaired) electrons. The fourth-order valence-electron chi connectivity index (χ4n) is 5.12. The van der Waals surface area contributed by atoms with E-state index in [-0.39, 0.29) is 24.4 Å². The number of nitrogens with zero attached hydrogens (tertiary/aromatic N) is 1. The topological polar surface area (TPSA) is 70.7 Å². The number of ether oxygens (including phenoxy) is 1. The summed E-state index contributed by atoms with van der Waals surface area (Å²) < 4.78 is 19.8. The van der Waals surface area contributed by atoms with Crippen molar-refractivity contribution >= 4 is 17.5 Å². The van der Waals surface area contributed by atoms with E-state index >= 15 is 0 Å². The third-order valence-electron chi connectivity index (χ3n) is 7.08. The number of carbonyl (C=O) groups is 2. The van der Waals surface area contributed by atoms with Gasteiger partial charge in [0.25, 0.3) is 0 Å². The summed E-state index contributed by atoms with van der Waals surface area (Å²) in [6.07, 6.45) is 5.14. The number of carbonyl (C=O) groups excluding carboxylic acids is 2. The summed E-state index contributed by atoms with van der Waals surface area (Å²) in [5.74, 6) is -0.344. The average Bonchev–Trinajstić information content (AvgIpc) is 2.93. The van der Waals surface area contributed by atoms with Crippen LogP contribution in [0.2, 0.25) is 0 Å². The van der Waals surface area contributed by atoms with Gasteiger partial charge in [0.1, 0.15) is 17.6 Å². The Labute approximate surface area is 224 Å². The van der Waals surface area contributed by atoms with E-state index in [9.17, 15) is 14.0 Å². The van der Waals surface area contributed by atoms with Crippen molar-refractivity contribution < 1.29 is 18.7 Å². The van der Waals surface area contributed by atoms with Crippen LogP contribution in [0.5, 0.6) is 5.75 Å². The van der Waals surface area contributed by atoms with Crippen LogP contribution < -0.4 is 20.3 Å². The minimum atomic E-state index is -0.944. The van der Waals surface area contributed by atoms with Crippen LogP contribution in [0.1, 0.15) is 54.8 Å². The zero-order valence-corrected chi connectivity index (χ0v) is 22.1. The first kappa shape index (κ1) is 27.3. The van der Waals surface area contributed by atoms with Gasteiger partial charge in [-0.1, -0.05) is 67.8 Å². The monoisotopic (exact) mass is 517 g/mol. The highest BCUT2D eigenvalue weighted by Gasteiger charge is 2.34. The Morgan fingerprint density at radius 3 is 2.47 bits per heavy atom. The maximum Gasteiger partial charge on any atom is 0.248 e. The van der Waals surface area contributed by atoms with Gasteiger partial charge in [0.05, 0.1) is 13.7 Å². The highest BCUT2D eigenvalue weighted by molar-refractivity contribution is 6.02. The second-order valence-electron chi connectivity index (χ2n) is 9.76. The van der Waals surface area contributed by atoms with Gasteiger partial charge in [0.2, 0.25) is 11.8 Å². The van der Waals surface area contributed by atoms with E-state index in [1.807, 2.05) is 55.5 Å². The first-order valence-corrected chi connectivity index (χ1v) is 13.2. The van der Waals surface area contributed by atoms with Crippen LogP contribution in [0.4, 0.5) is 10.1 Å². The number of para-hydroxylation sites is 1. The lowest BCUT2D eigenvalue weighted by atomic mass is 9.93. The molecule has 3 aromatic carbocycles. The number of halogens is 1. The van der Waals surface area contributed by atoms with Crippen molar-refractivity contribution in [3.8, 4) is 5.75 Å². The lowest BCUT2D eigenvalue weighted by molar-refractivity contribution is -0.127. The first-order chi connectivity index (χ1) is 18.5. The molecule has 7 heteroatoms. The van der Waals surface area contributed by atoms with Crippen molar-refractivity contribution in [2.24, 2.45) is 0 Å². The van der Waals surface area contributed by atoms with Crippen LogP contribution >= 0.6 is 0 Å². The van der Waals surface area contributed by atoms with Crippen molar-refractivity contribution in [3.05, 3.63) is 95.3 Å². The third-order valence-corrected chi connectivity index (χ3v) is 7.08. The Hall–Kier alpha value is -3.71. The summed E-state index contributed by atoms with van der Waals surface area (Å²) in [5.41, 5.74) is 2.84. The van der Waals surface area contributed by atoms with Crippen molar-refractivity contribution in [2.45, 2.75) is 57.7 Å². The smallest absolute Gasteiger partial charge is 0.248 e. The molecule has 6 nitrogen and oxygen atoms in total.